The molecule has 1 saturated heterocycles. The molecule has 0 amide bonds. The van der Waals surface area contributed by atoms with E-state index < -0.39 is 15.1 Å². The lowest BCUT2D eigenvalue weighted by molar-refractivity contribution is -0.0963. The van der Waals surface area contributed by atoms with E-state index in [9.17, 15) is 8.42 Å². The topological polar surface area (TPSA) is 106 Å². The number of halogens is 1. The van der Waals surface area contributed by atoms with E-state index in [1.165, 1.54) is 43.0 Å². The standard InChI is InChI=1S/C37H46ClN5O4S/c1-21(2)47-34-17-28(26-15-32(24-10-11-24)43(27-19-46-20-27)33(16-26)25-12-13-25)23(5)14-31(34)41-37-39-18-29(38)36(42-37)40-30-8-6-7-9-35(30)48(44,45)22(3)4/h6-9,14-15,17-18,21-22,24-25,27,32-33H,10-13,16,19-20H2,1-5H3,(H2,39,40,41,42)/t32-,33?/m0/s1. The summed E-state index contributed by atoms with van der Waals surface area (Å²) in [5.41, 5.74) is 4.97. The maximum absolute atomic E-state index is 13.1. The van der Waals surface area contributed by atoms with Crippen molar-refractivity contribution in [3.63, 3.8) is 0 Å². The molecule has 2 aliphatic heterocycles. The lowest BCUT2D eigenvalue weighted by Gasteiger charge is -2.49. The van der Waals surface area contributed by atoms with Crippen LogP contribution in [0.3, 0.4) is 0 Å². The number of nitrogens with one attached hydrogen (secondary N) is 2. The van der Waals surface area contributed by atoms with Crippen LogP contribution in [0, 0.1) is 18.8 Å². The molecule has 2 aromatic carbocycles. The summed E-state index contributed by atoms with van der Waals surface area (Å²) in [7, 11) is -3.54. The molecule has 0 bridgehead atoms. The van der Waals surface area contributed by atoms with Gasteiger partial charge in [-0.2, -0.15) is 4.98 Å². The zero-order valence-corrected chi connectivity index (χ0v) is 29.9. The molecule has 0 radical (unpaired) electrons. The third-order valence-corrected chi connectivity index (χ3v) is 12.4. The van der Waals surface area contributed by atoms with Crippen LogP contribution in [0.5, 0.6) is 5.75 Å². The molecule has 7 rings (SSSR count). The van der Waals surface area contributed by atoms with E-state index >= 15 is 0 Å². The molecule has 256 valence electrons. The number of sulfone groups is 1. The smallest absolute Gasteiger partial charge is 0.229 e. The maximum atomic E-state index is 13.1. The molecule has 3 heterocycles. The highest BCUT2D eigenvalue weighted by molar-refractivity contribution is 7.92. The molecule has 4 aliphatic rings. The Kier molecular flexibility index (Phi) is 9.21. The molecule has 2 saturated carbocycles. The van der Waals surface area contributed by atoms with Gasteiger partial charge in [0.05, 0.1) is 53.1 Å². The number of hydrogen-bond donors (Lipinski definition) is 2. The number of rotatable bonds is 12. The van der Waals surface area contributed by atoms with Gasteiger partial charge in [0.25, 0.3) is 0 Å². The van der Waals surface area contributed by atoms with Gasteiger partial charge < -0.3 is 20.1 Å². The van der Waals surface area contributed by atoms with Crippen LogP contribution >= 0.6 is 11.6 Å². The van der Waals surface area contributed by atoms with Crippen molar-refractivity contribution < 1.29 is 17.9 Å². The lowest BCUT2D eigenvalue weighted by atomic mass is 9.84. The largest absolute Gasteiger partial charge is 0.489 e. The van der Waals surface area contributed by atoms with Gasteiger partial charge in [-0.1, -0.05) is 29.8 Å². The SMILES string of the molecule is Cc1cc(Nc2ncc(Cl)c(Nc3ccccc3S(=O)(=O)C(C)C)n2)c(OC(C)C)cc1C1=C[C@@H](C2CC2)N(C2COC2)C(C2CC2)C1. The molecular weight excluding hydrogens is 646 g/mol. The molecule has 1 aromatic heterocycles. The highest BCUT2D eigenvalue weighted by atomic mass is 35.5. The molecule has 1 unspecified atom stereocenters. The Morgan fingerprint density at radius 3 is 2.38 bits per heavy atom. The zero-order valence-electron chi connectivity index (χ0n) is 28.4. The Morgan fingerprint density at radius 1 is 1.00 bits per heavy atom. The van der Waals surface area contributed by atoms with Gasteiger partial charge in [-0.15, -0.1) is 0 Å². The van der Waals surface area contributed by atoms with Gasteiger partial charge in [0.15, 0.2) is 15.7 Å². The van der Waals surface area contributed by atoms with Crippen molar-refractivity contribution in [1.29, 1.82) is 0 Å². The zero-order chi connectivity index (χ0) is 33.7. The van der Waals surface area contributed by atoms with Crippen LogP contribution in [-0.2, 0) is 14.6 Å². The maximum Gasteiger partial charge on any atom is 0.229 e. The predicted molar refractivity (Wildman–Crippen MR) is 191 cm³/mol. The number of anilines is 4. The first-order valence-electron chi connectivity index (χ1n) is 17.3. The van der Waals surface area contributed by atoms with Crippen LogP contribution < -0.4 is 15.4 Å². The molecular formula is C37H46ClN5O4S. The first-order chi connectivity index (χ1) is 23.0. The molecule has 2 aliphatic carbocycles. The van der Waals surface area contributed by atoms with Crippen molar-refractivity contribution in [3.8, 4) is 5.75 Å². The van der Waals surface area contributed by atoms with Crippen molar-refractivity contribution in [2.45, 2.75) is 101 Å². The fraction of sp³-hybridized carbons (Fsp3) is 0.514. The second kappa shape index (κ2) is 13.3. The first kappa shape index (κ1) is 33.3. The Balaban J connectivity index is 1.20. The molecule has 11 heteroatoms. The van der Waals surface area contributed by atoms with Crippen LogP contribution in [0.15, 0.2) is 53.6 Å². The summed E-state index contributed by atoms with van der Waals surface area (Å²) in [4.78, 5) is 12.1. The Hall–Kier alpha value is -3.18. The average molecular weight is 692 g/mol. The number of para-hydroxylation sites is 1. The normalized spacial score (nSPS) is 22.0. The van der Waals surface area contributed by atoms with Crippen LogP contribution in [-0.4, -0.2) is 66.0 Å². The third kappa shape index (κ3) is 6.82. The Morgan fingerprint density at radius 2 is 1.73 bits per heavy atom. The summed E-state index contributed by atoms with van der Waals surface area (Å²) in [6.07, 6.45) is 10.3. The quantitative estimate of drug-likeness (QED) is 0.196. The number of ether oxygens (including phenoxy) is 2. The molecule has 9 nitrogen and oxygen atoms in total. The fourth-order valence-corrected chi connectivity index (χ4v) is 8.39. The van der Waals surface area contributed by atoms with Crippen molar-refractivity contribution >= 4 is 50.2 Å². The van der Waals surface area contributed by atoms with E-state index in [-0.39, 0.29) is 16.0 Å². The van der Waals surface area contributed by atoms with Crippen molar-refractivity contribution in [2.75, 3.05) is 23.8 Å². The van der Waals surface area contributed by atoms with E-state index in [0.717, 1.165) is 48.5 Å². The van der Waals surface area contributed by atoms with Crippen molar-refractivity contribution in [3.05, 3.63) is 64.8 Å². The summed E-state index contributed by atoms with van der Waals surface area (Å²) in [6, 6.07) is 12.6. The third-order valence-electron chi connectivity index (χ3n) is 9.93. The summed E-state index contributed by atoms with van der Waals surface area (Å²) >= 11 is 6.52. The minimum atomic E-state index is -3.54. The summed E-state index contributed by atoms with van der Waals surface area (Å²) in [5.74, 6) is 2.84. The number of hydrogen-bond acceptors (Lipinski definition) is 9. The monoisotopic (exact) mass is 691 g/mol. The molecule has 3 fully saturated rings. The Labute approximate surface area is 289 Å². The van der Waals surface area contributed by atoms with Crippen LogP contribution in [0.1, 0.15) is 70.9 Å². The molecule has 2 atom stereocenters. The summed E-state index contributed by atoms with van der Waals surface area (Å²) in [5, 5.41) is 6.20. The van der Waals surface area contributed by atoms with Gasteiger partial charge in [0.1, 0.15) is 10.8 Å². The molecule has 3 aromatic rings. The number of aromatic nitrogens is 2. The first-order valence-corrected chi connectivity index (χ1v) is 19.2. The molecule has 48 heavy (non-hydrogen) atoms. The van der Waals surface area contributed by atoms with E-state index in [4.69, 9.17) is 21.1 Å². The van der Waals surface area contributed by atoms with Crippen LogP contribution in [0.4, 0.5) is 23.1 Å². The van der Waals surface area contributed by atoms with Crippen LogP contribution in [0.25, 0.3) is 5.57 Å². The minimum Gasteiger partial charge on any atom is -0.489 e. The van der Waals surface area contributed by atoms with Gasteiger partial charge in [-0.05, 0) is 120 Å². The fourth-order valence-electron chi connectivity index (χ4n) is 7.05. The van der Waals surface area contributed by atoms with Gasteiger partial charge in [0.2, 0.25) is 5.95 Å². The second-order valence-corrected chi connectivity index (χ2v) is 17.2. The lowest BCUT2D eigenvalue weighted by Crippen LogP contribution is -2.59. The number of nitrogens with zero attached hydrogens (tertiary/aromatic N) is 3. The van der Waals surface area contributed by atoms with Gasteiger partial charge in [-0.25, -0.2) is 13.4 Å². The van der Waals surface area contributed by atoms with E-state index in [2.05, 4.69) is 50.6 Å². The van der Waals surface area contributed by atoms with Crippen LogP contribution in [0.2, 0.25) is 5.02 Å². The summed E-state index contributed by atoms with van der Waals surface area (Å²) < 4.78 is 38.2. The number of aryl methyl sites for hydroxylation is 1. The predicted octanol–water partition coefficient (Wildman–Crippen LogP) is 7.94. The van der Waals surface area contributed by atoms with Gasteiger partial charge in [0, 0.05) is 12.1 Å². The number of benzene rings is 2. The van der Waals surface area contributed by atoms with E-state index in [1.807, 2.05) is 13.8 Å². The second-order valence-electron chi connectivity index (χ2n) is 14.3. The molecule has 0 spiro atoms. The average Bonchev–Trinajstić information content (AvgIpc) is 3.94. The highest BCUT2D eigenvalue weighted by Crippen LogP contribution is 2.50. The van der Waals surface area contributed by atoms with Crippen molar-refractivity contribution in [1.82, 2.24) is 14.9 Å². The van der Waals surface area contributed by atoms with Gasteiger partial charge in [-0.3, -0.25) is 4.90 Å². The Bertz CT molecular complexity index is 1820. The van der Waals surface area contributed by atoms with Gasteiger partial charge >= 0.3 is 0 Å². The molecule has 2 N–H and O–H groups in total. The summed E-state index contributed by atoms with van der Waals surface area (Å²) in [6.45, 7) is 11.2. The highest BCUT2D eigenvalue weighted by Gasteiger charge is 2.49. The minimum absolute atomic E-state index is 0.0447. The van der Waals surface area contributed by atoms with Crippen molar-refractivity contribution in [2.24, 2.45) is 11.8 Å². The van der Waals surface area contributed by atoms with E-state index in [1.54, 1.807) is 38.1 Å². The van der Waals surface area contributed by atoms with E-state index in [0.29, 0.717) is 35.6 Å².